The van der Waals surface area contributed by atoms with E-state index in [9.17, 15) is 4.79 Å². The monoisotopic (exact) mass is 333 g/mol. The lowest BCUT2D eigenvalue weighted by molar-refractivity contribution is 0.0896. The number of amides is 1. The zero-order valence-electron chi connectivity index (χ0n) is 9.40. The van der Waals surface area contributed by atoms with Gasteiger partial charge in [0.25, 0.3) is 5.91 Å². The minimum Gasteiger partial charge on any atom is -0.394 e. The maximum Gasteiger partial charge on any atom is 0.252 e. The quantitative estimate of drug-likeness (QED) is 0.829. The number of benzene rings is 1. The number of aliphatic hydroxyl groups excluding tert-OH is 1. The summed E-state index contributed by atoms with van der Waals surface area (Å²) in [6.45, 7) is 3.90. The molecule has 16 heavy (non-hydrogen) atoms. The van der Waals surface area contributed by atoms with Gasteiger partial charge in [-0.2, -0.15) is 0 Å². The fourth-order valence-corrected chi connectivity index (χ4v) is 1.95. The van der Waals surface area contributed by atoms with Gasteiger partial charge >= 0.3 is 0 Å². The Balaban J connectivity index is 2.76. The Labute approximate surface area is 109 Å². The number of nitrogens with one attached hydrogen (secondary N) is 1. The Hall–Kier alpha value is -0.620. The minimum absolute atomic E-state index is 0.0349. The zero-order valence-corrected chi connectivity index (χ0v) is 11.6. The van der Waals surface area contributed by atoms with Gasteiger partial charge in [-0.3, -0.25) is 4.79 Å². The van der Waals surface area contributed by atoms with Gasteiger partial charge in [0.1, 0.15) is 0 Å². The van der Waals surface area contributed by atoms with Crippen LogP contribution in [0.15, 0.2) is 24.3 Å². The van der Waals surface area contributed by atoms with Crippen molar-refractivity contribution in [2.24, 2.45) is 5.92 Å². The zero-order chi connectivity index (χ0) is 12.1. The van der Waals surface area contributed by atoms with Gasteiger partial charge in [-0.1, -0.05) is 26.0 Å². The molecule has 3 nitrogen and oxygen atoms in total. The first-order chi connectivity index (χ1) is 7.56. The average Bonchev–Trinajstić information content (AvgIpc) is 2.25. The summed E-state index contributed by atoms with van der Waals surface area (Å²) in [4.78, 5) is 11.9. The van der Waals surface area contributed by atoms with E-state index < -0.39 is 0 Å². The van der Waals surface area contributed by atoms with Crippen LogP contribution in [-0.4, -0.2) is 23.7 Å². The molecule has 0 heterocycles. The van der Waals surface area contributed by atoms with Gasteiger partial charge < -0.3 is 10.4 Å². The van der Waals surface area contributed by atoms with Crippen molar-refractivity contribution in [3.05, 3.63) is 33.4 Å². The van der Waals surface area contributed by atoms with E-state index >= 15 is 0 Å². The van der Waals surface area contributed by atoms with E-state index in [1.54, 1.807) is 6.07 Å². The number of rotatable bonds is 4. The van der Waals surface area contributed by atoms with E-state index in [0.717, 1.165) is 3.57 Å². The standard InChI is InChI=1S/C12H16INO2/c1-8(2)11(7-15)14-12(16)9-5-3-4-6-10(9)13/h3-6,8,11,15H,7H2,1-2H3,(H,14,16)/t11-/m1/s1. The van der Waals surface area contributed by atoms with Crippen molar-refractivity contribution >= 4 is 28.5 Å². The van der Waals surface area contributed by atoms with Crippen LogP contribution in [0.3, 0.4) is 0 Å². The highest BCUT2D eigenvalue weighted by Crippen LogP contribution is 2.12. The molecule has 0 aliphatic heterocycles. The summed E-state index contributed by atoms with van der Waals surface area (Å²) in [5.74, 6) is 0.0908. The number of aliphatic hydroxyl groups is 1. The molecule has 1 amide bonds. The van der Waals surface area contributed by atoms with Crippen molar-refractivity contribution in [3.63, 3.8) is 0 Å². The van der Waals surface area contributed by atoms with Crippen LogP contribution >= 0.6 is 22.6 Å². The molecule has 2 N–H and O–H groups in total. The lowest BCUT2D eigenvalue weighted by Gasteiger charge is -2.20. The molecule has 0 aliphatic rings. The van der Waals surface area contributed by atoms with Crippen molar-refractivity contribution in [2.45, 2.75) is 19.9 Å². The highest BCUT2D eigenvalue weighted by molar-refractivity contribution is 14.1. The Morgan fingerprint density at radius 3 is 2.56 bits per heavy atom. The fourth-order valence-electron chi connectivity index (χ4n) is 1.31. The van der Waals surface area contributed by atoms with E-state index in [-0.39, 0.29) is 24.5 Å². The fraction of sp³-hybridized carbons (Fsp3) is 0.417. The molecule has 0 spiro atoms. The third-order valence-corrected chi connectivity index (χ3v) is 3.38. The van der Waals surface area contributed by atoms with Crippen LogP contribution in [0.1, 0.15) is 24.2 Å². The highest BCUT2D eigenvalue weighted by atomic mass is 127. The van der Waals surface area contributed by atoms with Crippen LogP contribution in [0, 0.1) is 9.49 Å². The maximum absolute atomic E-state index is 11.9. The smallest absolute Gasteiger partial charge is 0.252 e. The van der Waals surface area contributed by atoms with Crippen molar-refractivity contribution in [1.29, 1.82) is 0 Å². The first-order valence-electron chi connectivity index (χ1n) is 5.22. The molecule has 0 saturated heterocycles. The van der Waals surface area contributed by atoms with Gasteiger partial charge in [-0.05, 0) is 40.6 Å². The largest absolute Gasteiger partial charge is 0.394 e. The molecule has 0 saturated carbocycles. The molecule has 4 heteroatoms. The highest BCUT2D eigenvalue weighted by Gasteiger charge is 2.17. The third-order valence-electron chi connectivity index (χ3n) is 2.44. The Morgan fingerprint density at radius 2 is 2.06 bits per heavy atom. The predicted molar refractivity (Wildman–Crippen MR) is 72.3 cm³/mol. The molecule has 1 atom stereocenters. The van der Waals surface area contributed by atoms with Crippen molar-refractivity contribution in [3.8, 4) is 0 Å². The number of carbonyl (C=O) groups is 1. The van der Waals surface area contributed by atoms with Gasteiger partial charge in [0.15, 0.2) is 0 Å². The van der Waals surface area contributed by atoms with Gasteiger partial charge in [-0.25, -0.2) is 0 Å². The second kappa shape index (κ2) is 6.20. The molecular formula is C12H16INO2. The van der Waals surface area contributed by atoms with Crippen LogP contribution in [-0.2, 0) is 0 Å². The van der Waals surface area contributed by atoms with Crippen LogP contribution < -0.4 is 5.32 Å². The van der Waals surface area contributed by atoms with Crippen molar-refractivity contribution < 1.29 is 9.90 Å². The van der Waals surface area contributed by atoms with Gasteiger partial charge in [0, 0.05) is 3.57 Å². The molecule has 0 unspecified atom stereocenters. The Morgan fingerprint density at radius 1 is 1.44 bits per heavy atom. The average molecular weight is 333 g/mol. The second-order valence-corrected chi connectivity index (χ2v) is 5.15. The lowest BCUT2D eigenvalue weighted by Crippen LogP contribution is -2.41. The molecule has 0 bridgehead atoms. The lowest BCUT2D eigenvalue weighted by atomic mass is 10.0. The van der Waals surface area contributed by atoms with Gasteiger partial charge in [0.2, 0.25) is 0 Å². The van der Waals surface area contributed by atoms with E-state index in [4.69, 9.17) is 5.11 Å². The van der Waals surface area contributed by atoms with Gasteiger partial charge in [-0.15, -0.1) is 0 Å². The molecule has 1 aromatic rings. The van der Waals surface area contributed by atoms with E-state index in [2.05, 4.69) is 27.9 Å². The summed E-state index contributed by atoms with van der Waals surface area (Å²) in [6.07, 6.45) is 0. The number of carbonyl (C=O) groups excluding carboxylic acids is 1. The first-order valence-corrected chi connectivity index (χ1v) is 6.30. The van der Waals surface area contributed by atoms with Crippen molar-refractivity contribution in [2.75, 3.05) is 6.61 Å². The summed E-state index contributed by atoms with van der Waals surface area (Å²) in [6, 6.07) is 7.21. The summed E-state index contributed by atoms with van der Waals surface area (Å²) in [5.41, 5.74) is 0.655. The Bertz CT molecular complexity index is 366. The van der Waals surface area contributed by atoms with E-state index in [1.165, 1.54) is 0 Å². The predicted octanol–water partition coefficient (Wildman–Crippen LogP) is 2.04. The number of halogens is 1. The second-order valence-electron chi connectivity index (χ2n) is 3.99. The molecule has 0 radical (unpaired) electrons. The summed E-state index contributed by atoms with van der Waals surface area (Å²) in [7, 11) is 0. The van der Waals surface area contributed by atoms with Crippen LogP contribution in [0.2, 0.25) is 0 Å². The SMILES string of the molecule is CC(C)[C@@H](CO)NC(=O)c1ccccc1I. The van der Waals surface area contributed by atoms with E-state index in [0.29, 0.717) is 5.56 Å². The maximum atomic E-state index is 11.9. The van der Waals surface area contributed by atoms with Crippen LogP contribution in [0.5, 0.6) is 0 Å². The van der Waals surface area contributed by atoms with Gasteiger partial charge in [0.05, 0.1) is 18.2 Å². The van der Waals surface area contributed by atoms with E-state index in [1.807, 2.05) is 32.0 Å². The van der Waals surface area contributed by atoms with Crippen LogP contribution in [0.4, 0.5) is 0 Å². The first kappa shape index (κ1) is 13.4. The van der Waals surface area contributed by atoms with Crippen LogP contribution in [0.25, 0.3) is 0 Å². The number of hydrogen-bond donors (Lipinski definition) is 2. The van der Waals surface area contributed by atoms with Crippen molar-refractivity contribution in [1.82, 2.24) is 5.32 Å². The molecule has 0 fully saturated rings. The molecule has 0 aliphatic carbocycles. The molecular weight excluding hydrogens is 317 g/mol. The molecule has 1 rings (SSSR count). The summed E-state index contributed by atoms with van der Waals surface area (Å²) >= 11 is 2.13. The summed E-state index contributed by atoms with van der Waals surface area (Å²) in [5, 5.41) is 12.0. The molecule has 0 aromatic heterocycles. The Kier molecular flexibility index (Phi) is 5.21. The number of hydrogen-bond acceptors (Lipinski definition) is 2. The molecule has 1 aromatic carbocycles. The molecule has 88 valence electrons. The summed E-state index contributed by atoms with van der Waals surface area (Å²) < 4.78 is 0.915. The topological polar surface area (TPSA) is 49.3 Å². The minimum atomic E-state index is -0.191. The normalized spacial score (nSPS) is 12.6. The third kappa shape index (κ3) is 3.45.